The van der Waals surface area contributed by atoms with Crippen molar-refractivity contribution in [2.75, 3.05) is 13.2 Å². The Hall–Kier alpha value is -1.32. The Balaban J connectivity index is 2.11. The molecule has 2 aromatic carbocycles. The maximum Gasteiger partial charge on any atom is 0.130 e. The molecule has 1 aliphatic heterocycles. The van der Waals surface area contributed by atoms with Crippen LogP contribution in [0.2, 0.25) is 0 Å². The molecule has 0 aliphatic carbocycles. The molecule has 1 saturated heterocycles. The van der Waals surface area contributed by atoms with Gasteiger partial charge in [0.05, 0.1) is 6.61 Å². The molecule has 3 heteroatoms. The summed E-state index contributed by atoms with van der Waals surface area (Å²) in [5.74, 6) is 0.965. The summed E-state index contributed by atoms with van der Waals surface area (Å²) in [4.78, 5) is 0. The van der Waals surface area contributed by atoms with Gasteiger partial charge in [0.2, 0.25) is 0 Å². The van der Waals surface area contributed by atoms with Gasteiger partial charge < -0.3 is 9.47 Å². The fraction of sp³-hybridized carbons (Fsp3) is 0.368. The van der Waals surface area contributed by atoms with Gasteiger partial charge in [0, 0.05) is 15.6 Å². The Morgan fingerprint density at radius 1 is 1.00 bits per heavy atom. The van der Waals surface area contributed by atoms with E-state index in [0.29, 0.717) is 6.61 Å². The highest BCUT2D eigenvalue weighted by Crippen LogP contribution is 2.40. The summed E-state index contributed by atoms with van der Waals surface area (Å²) in [6, 6.07) is 8.78. The smallest absolute Gasteiger partial charge is 0.130 e. The lowest BCUT2D eigenvalue weighted by molar-refractivity contribution is 0.262. The van der Waals surface area contributed by atoms with Gasteiger partial charge in [0.15, 0.2) is 0 Å². The standard InChI is InChI=1S/C19H21BrO2/c1-11-5-13(3)18(20)16(7-11)17-8-12(2)6-14(4)19(17)22-10-15-9-21-15/h5-8,15H,9-10H2,1-4H3. The molecule has 1 fully saturated rings. The summed E-state index contributed by atoms with van der Waals surface area (Å²) in [6.45, 7) is 9.93. The lowest BCUT2D eigenvalue weighted by Gasteiger charge is -2.17. The van der Waals surface area contributed by atoms with E-state index in [2.05, 4.69) is 67.9 Å². The van der Waals surface area contributed by atoms with Crippen LogP contribution < -0.4 is 4.74 Å². The molecule has 0 aromatic heterocycles. The molecule has 0 saturated carbocycles. The van der Waals surface area contributed by atoms with Gasteiger partial charge in [-0.3, -0.25) is 0 Å². The SMILES string of the molecule is Cc1cc(C)c(Br)c(-c2cc(C)cc(C)c2OCC2CO2)c1. The molecule has 2 nitrogen and oxygen atoms in total. The lowest BCUT2D eigenvalue weighted by atomic mass is 9.96. The second kappa shape index (κ2) is 6.05. The molecule has 1 atom stereocenters. The second-order valence-corrected chi connectivity index (χ2v) is 6.96. The zero-order valence-electron chi connectivity index (χ0n) is 13.5. The van der Waals surface area contributed by atoms with E-state index in [4.69, 9.17) is 9.47 Å². The summed E-state index contributed by atoms with van der Waals surface area (Å²) in [5.41, 5.74) is 7.25. The summed E-state index contributed by atoms with van der Waals surface area (Å²) in [7, 11) is 0. The van der Waals surface area contributed by atoms with Crippen molar-refractivity contribution in [2.24, 2.45) is 0 Å². The fourth-order valence-electron chi connectivity index (χ4n) is 2.83. The van der Waals surface area contributed by atoms with Gasteiger partial charge in [-0.2, -0.15) is 0 Å². The number of aryl methyl sites for hydroxylation is 4. The normalized spacial score (nSPS) is 16.7. The molecule has 1 heterocycles. The van der Waals surface area contributed by atoms with Gasteiger partial charge in [-0.25, -0.2) is 0 Å². The van der Waals surface area contributed by atoms with Gasteiger partial charge >= 0.3 is 0 Å². The summed E-state index contributed by atoms with van der Waals surface area (Å²) >= 11 is 3.75. The molecule has 0 N–H and O–H groups in total. The first-order valence-electron chi connectivity index (χ1n) is 7.58. The van der Waals surface area contributed by atoms with Gasteiger partial charge in [0.25, 0.3) is 0 Å². The number of ether oxygens (including phenoxy) is 2. The first kappa shape index (κ1) is 15.6. The zero-order chi connectivity index (χ0) is 15.9. The summed E-state index contributed by atoms with van der Waals surface area (Å²) in [6.07, 6.45) is 0.260. The Morgan fingerprint density at radius 3 is 2.23 bits per heavy atom. The van der Waals surface area contributed by atoms with Crippen LogP contribution in [0, 0.1) is 27.7 Å². The van der Waals surface area contributed by atoms with E-state index in [1.165, 1.54) is 27.8 Å². The quantitative estimate of drug-likeness (QED) is 0.705. The van der Waals surface area contributed by atoms with Gasteiger partial charge in [-0.15, -0.1) is 0 Å². The van der Waals surface area contributed by atoms with E-state index in [0.717, 1.165) is 22.4 Å². The topological polar surface area (TPSA) is 21.8 Å². The van der Waals surface area contributed by atoms with Crippen LogP contribution in [0.25, 0.3) is 11.1 Å². The molecule has 22 heavy (non-hydrogen) atoms. The van der Waals surface area contributed by atoms with E-state index in [1.807, 2.05) is 0 Å². The van der Waals surface area contributed by atoms with Crippen molar-refractivity contribution in [3.05, 3.63) is 51.0 Å². The molecule has 0 radical (unpaired) electrons. The van der Waals surface area contributed by atoms with Crippen LogP contribution in [0.15, 0.2) is 28.7 Å². The number of hydrogen-bond donors (Lipinski definition) is 0. The van der Waals surface area contributed by atoms with E-state index in [1.54, 1.807) is 0 Å². The highest BCUT2D eigenvalue weighted by atomic mass is 79.9. The zero-order valence-corrected chi connectivity index (χ0v) is 15.1. The minimum atomic E-state index is 0.260. The third kappa shape index (κ3) is 3.21. The Morgan fingerprint density at radius 2 is 1.59 bits per heavy atom. The van der Waals surface area contributed by atoms with Gasteiger partial charge in [0.1, 0.15) is 18.5 Å². The van der Waals surface area contributed by atoms with Crippen LogP contribution in [-0.2, 0) is 4.74 Å². The number of epoxide rings is 1. The molecule has 1 aliphatic rings. The first-order chi connectivity index (χ1) is 10.5. The molecule has 116 valence electrons. The predicted molar refractivity (Wildman–Crippen MR) is 93.8 cm³/mol. The van der Waals surface area contributed by atoms with Crippen LogP contribution in [0.4, 0.5) is 0 Å². The van der Waals surface area contributed by atoms with Gasteiger partial charge in [-0.1, -0.05) is 23.8 Å². The summed E-state index contributed by atoms with van der Waals surface area (Å²) in [5, 5.41) is 0. The molecule has 0 spiro atoms. The van der Waals surface area contributed by atoms with Crippen molar-refractivity contribution >= 4 is 15.9 Å². The van der Waals surface area contributed by atoms with E-state index in [9.17, 15) is 0 Å². The highest BCUT2D eigenvalue weighted by Gasteiger charge is 2.24. The largest absolute Gasteiger partial charge is 0.490 e. The van der Waals surface area contributed by atoms with Crippen molar-refractivity contribution in [1.82, 2.24) is 0 Å². The fourth-order valence-corrected chi connectivity index (χ4v) is 3.28. The number of rotatable bonds is 4. The minimum absolute atomic E-state index is 0.260. The Labute approximate surface area is 140 Å². The van der Waals surface area contributed by atoms with Gasteiger partial charge in [-0.05, 0) is 66.4 Å². The molecule has 3 rings (SSSR count). The van der Waals surface area contributed by atoms with E-state index in [-0.39, 0.29) is 6.10 Å². The predicted octanol–water partition coefficient (Wildman–Crippen LogP) is 5.13. The van der Waals surface area contributed by atoms with Crippen molar-refractivity contribution in [2.45, 2.75) is 33.8 Å². The number of benzene rings is 2. The third-order valence-corrected chi connectivity index (χ3v) is 4.98. The maximum absolute atomic E-state index is 6.09. The molecule has 2 aromatic rings. The first-order valence-corrected chi connectivity index (χ1v) is 8.38. The van der Waals surface area contributed by atoms with Crippen molar-refractivity contribution in [3.8, 4) is 16.9 Å². The van der Waals surface area contributed by atoms with Crippen molar-refractivity contribution in [3.63, 3.8) is 0 Å². The molecular weight excluding hydrogens is 340 g/mol. The molecule has 1 unspecified atom stereocenters. The highest BCUT2D eigenvalue weighted by molar-refractivity contribution is 9.10. The molecular formula is C19H21BrO2. The van der Waals surface area contributed by atoms with Crippen molar-refractivity contribution in [1.29, 1.82) is 0 Å². The maximum atomic E-state index is 6.09. The van der Waals surface area contributed by atoms with E-state index < -0.39 is 0 Å². The second-order valence-electron chi connectivity index (χ2n) is 6.17. The summed E-state index contributed by atoms with van der Waals surface area (Å²) < 4.78 is 12.5. The lowest BCUT2D eigenvalue weighted by Crippen LogP contribution is -2.06. The van der Waals surface area contributed by atoms with Crippen LogP contribution in [0.5, 0.6) is 5.75 Å². The third-order valence-electron chi connectivity index (χ3n) is 3.92. The van der Waals surface area contributed by atoms with Crippen LogP contribution in [0.3, 0.4) is 0 Å². The van der Waals surface area contributed by atoms with Crippen LogP contribution in [0.1, 0.15) is 22.3 Å². The average molecular weight is 361 g/mol. The minimum Gasteiger partial charge on any atom is -0.490 e. The van der Waals surface area contributed by atoms with E-state index >= 15 is 0 Å². The van der Waals surface area contributed by atoms with Crippen molar-refractivity contribution < 1.29 is 9.47 Å². The average Bonchev–Trinajstić information content (AvgIpc) is 3.25. The number of hydrogen-bond acceptors (Lipinski definition) is 2. The molecule has 0 amide bonds. The number of halogens is 1. The monoisotopic (exact) mass is 360 g/mol. The van der Waals surface area contributed by atoms with Crippen LogP contribution >= 0.6 is 15.9 Å². The van der Waals surface area contributed by atoms with Crippen LogP contribution in [-0.4, -0.2) is 19.3 Å². The Bertz CT molecular complexity index is 718. The Kier molecular flexibility index (Phi) is 4.28. The molecule has 0 bridgehead atoms.